The van der Waals surface area contributed by atoms with Gasteiger partial charge in [-0.1, -0.05) is 27.7 Å². The summed E-state index contributed by atoms with van der Waals surface area (Å²) in [7, 11) is -2.80. The molecule has 126 valence electrons. The van der Waals surface area contributed by atoms with Gasteiger partial charge in [0.05, 0.1) is 5.75 Å². The Hall–Kier alpha value is -0.0900. The molecular weight excluding hydrogens is 282 g/mol. The van der Waals surface area contributed by atoms with Gasteiger partial charge in [-0.3, -0.25) is 0 Å². The molecule has 0 radical (unpaired) electrons. The summed E-state index contributed by atoms with van der Waals surface area (Å²) < 4.78 is 23.3. The van der Waals surface area contributed by atoms with E-state index in [9.17, 15) is 8.42 Å². The van der Waals surface area contributed by atoms with Crippen molar-refractivity contribution in [1.29, 1.82) is 0 Å². The van der Waals surface area contributed by atoms with E-state index < -0.39 is 9.84 Å². The van der Waals surface area contributed by atoms with Crippen LogP contribution in [-0.4, -0.2) is 32.5 Å². The van der Waals surface area contributed by atoms with Crippen molar-refractivity contribution in [2.24, 2.45) is 17.8 Å². The molecule has 3 unspecified atom stereocenters. The van der Waals surface area contributed by atoms with Crippen LogP contribution >= 0.6 is 0 Å². The highest BCUT2D eigenvalue weighted by atomic mass is 32.2. The largest absolute Gasteiger partial charge is 0.314 e. The number of rotatable bonds is 9. The minimum absolute atomic E-state index is 0.282. The molecule has 0 bridgehead atoms. The third-order valence-electron chi connectivity index (χ3n) is 5.09. The summed E-state index contributed by atoms with van der Waals surface area (Å²) in [6.45, 7) is 9.68. The van der Waals surface area contributed by atoms with Crippen LogP contribution in [0.3, 0.4) is 0 Å². The van der Waals surface area contributed by atoms with E-state index in [1.807, 2.05) is 0 Å². The standard InChI is InChI=1S/C17H35NO2S/c1-5-11-18-17-10-9-15(14(3)4)13-16(17)8-7-12-21(19,20)6-2/h14-18H,5-13H2,1-4H3. The number of hydrogen-bond acceptors (Lipinski definition) is 3. The Morgan fingerprint density at radius 1 is 1.19 bits per heavy atom. The minimum atomic E-state index is -2.80. The predicted molar refractivity (Wildman–Crippen MR) is 91.3 cm³/mol. The number of nitrogens with one attached hydrogen (secondary N) is 1. The maximum Gasteiger partial charge on any atom is 0.150 e. The van der Waals surface area contributed by atoms with Crippen LogP contribution in [0.2, 0.25) is 0 Å². The molecule has 1 fully saturated rings. The summed E-state index contributed by atoms with van der Waals surface area (Å²) in [5, 5.41) is 3.69. The highest BCUT2D eigenvalue weighted by Gasteiger charge is 2.31. The zero-order valence-electron chi connectivity index (χ0n) is 14.4. The second kappa shape index (κ2) is 9.14. The van der Waals surface area contributed by atoms with E-state index >= 15 is 0 Å². The van der Waals surface area contributed by atoms with Crippen molar-refractivity contribution in [2.75, 3.05) is 18.1 Å². The van der Waals surface area contributed by atoms with Crippen LogP contribution in [-0.2, 0) is 9.84 Å². The summed E-state index contributed by atoms with van der Waals surface area (Å²) in [6, 6.07) is 0.601. The molecule has 0 amide bonds. The van der Waals surface area contributed by atoms with Crippen LogP contribution in [0.5, 0.6) is 0 Å². The van der Waals surface area contributed by atoms with Gasteiger partial charge in [0, 0.05) is 11.8 Å². The zero-order chi connectivity index (χ0) is 15.9. The molecule has 1 saturated carbocycles. The quantitative estimate of drug-likeness (QED) is 0.706. The zero-order valence-corrected chi connectivity index (χ0v) is 15.2. The Labute approximate surface area is 132 Å². The summed E-state index contributed by atoms with van der Waals surface area (Å²) in [4.78, 5) is 0. The van der Waals surface area contributed by atoms with Gasteiger partial charge in [-0.05, 0) is 62.8 Å². The highest BCUT2D eigenvalue weighted by molar-refractivity contribution is 7.91. The predicted octanol–water partition coefficient (Wildman–Crippen LogP) is 3.64. The fourth-order valence-electron chi connectivity index (χ4n) is 3.53. The Balaban J connectivity index is 2.53. The second-order valence-electron chi connectivity index (χ2n) is 7.02. The fraction of sp³-hybridized carbons (Fsp3) is 1.00. The highest BCUT2D eigenvalue weighted by Crippen LogP contribution is 2.36. The van der Waals surface area contributed by atoms with Gasteiger partial charge in [-0.15, -0.1) is 0 Å². The molecule has 0 spiro atoms. The topological polar surface area (TPSA) is 46.2 Å². The first kappa shape index (κ1) is 19.0. The van der Waals surface area contributed by atoms with Gasteiger partial charge in [-0.2, -0.15) is 0 Å². The third kappa shape index (κ3) is 6.68. The van der Waals surface area contributed by atoms with E-state index in [1.54, 1.807) is 6.92 Å². The van der Waals surface area contributed by atoms with E-state index in [0.29, 0.717) is 17.7 Å². The molecule has 0 aromatic heterocycles. The average Bonchev–Trinajstić information content (AvgIpc) is 2.45. The molecule has 0 saturated heterocycles. The van der Waals surface area contributed by atoms with Crippen LogP contribution in [0.25, 0.3) is 0 Å². The van der Waals surface area contributed by atoms with E-state index in [1.165, 1.54) is 25.7 Å². The van der Waals surface area contributed by atoms with Crippen molar-refractivity contribution in [3.63, 3.8) is 0 Å². The van der Waals surface area contributed by atoms with Gasteiger partial charge in [0.1, 0.15) is 9.84 Å². The summed E-state index contributed by atoms with van der Waals surface area (Å²) in [6.07, 6.45) is 6.91. The van der Waals surface area contributed by atoms with Gasteiger partial charge in [0.15, 0.2) is 0 Å². The van der Waals surface area contributed by atoms with Gasteiger partial charge in [-0.25, -0.2) is 8.42 Å². The number of hydrogen-bond donors (Lipinski definition) is 1. The molecular formula is C17H35NO2S. The van der Waals surface area contributed by atoms with Crippen molar-refractivity contribution < 1.29 is 8.42 Å². The molecule has 0 aromatic rings. The SMILES string of the molecule is CCCNC1CCC(C(C)C)CC1CCCS(=O)(=O)CC. The molecule has 3 atom stereocenters. The maximum absolute atomic E-state index is 11.7. The smallest absolute Gasteiger partial charge is 0.150 e. The molecule has 4 heteroatoms. The van der Waals surface area contributed by atoms with E-state index in [4.69, 9.17) is 0 Å². The van der Waals surface area contributed by atoms with Crippen LogP contribution in [0.15, 0.2) is 0 Å². The first-order valence-electron chi connectivity index (χ1n) is 8.83. The Morgan fingerprint density at radius 2 is 1.90 bits per heavy atom. The second-order valence-corrected chi connectivity index (χ2v) is 9.49. The van der Waals surface area contributed by atoms with Crippen LogP contribution < -0.4 is 5.32 Å². The molecule has 3 nitrogen and oxygen atoms in total. The molecule has 0 heterocycles. The first-order chi connectivity index (χ1) is 9.89. The Morgan fingerprint density at radius 3 is 2.48 bits per heavy atom. The molecule has 1 rings (SSSR count). The lowest BCUT2D eigenvalue weighted by molar-refractivity contribution is 0.160. The third-order valence-corrected chi connectivity index (χ3v) is 6.88. The lowest BCUT2D eigenvalue weighted by atomic mass is 9.72. The van der Waals surface area contributed by atoms with Gasteiger partial charge in [0.25, 0.3) is 0 Å². The fourth-order valence-corrected chi connectivity index (χ4v) is 4.43. The van der Waals surface area contributed by atoms with Crippen molar-refractivity contribution in [1.82, 2.24) is 5.32 Å². The van der Waals surface area contributed by atoms with Crippen molar-refractivity contribution in [2.45, 2.75) is 72.3 Å². The van der Waals surface area contributed by atoms with Crippen LogP contribution in [0, 0.1) is 17.8 Å². The van der Waals surface area contributed by atoms with E-state index in [2.05, 4.69) is 26.1 Å². The molecule has 0 aliphatic heterocycles. The van der Waals surface area contributed by atoms with E-state index in [-0.39, 0.29) is 5.75 Å². The van der Waals surface area contributed by atoms with Crippen molar-refractivity contribution in [3.05, 3.63) is 0 Å². The minimum Gasteiger partial charge on any atom is -0.314 e. The summed E-state index contributed by atoms with van der Waals surface area (Å²) >= 11 is 0. The summed E-state index contributed by atoms with van der Waals surface area (Å²) in [5.41, 5.74) is 0. The lowest BCUT2D eigenvalue weighted by Crippen LogP contribution is -2.42. The van der Waals surface area contributed by atoms with Gasteiger partial charge in [0.2, 0.25) is 0 Å². The summed E-state index contributed by atoms with van der Waals surface area (Å²) in [5.74, 6) is 2.87. The monoisotopic (exact) mass is 317 g/mol. The average molecular weight is 318 g/mol. The Bertz CT molecular complexity index is 378. The maximum atomic E-state index is 11.7. The van der Waals surface area contributed by atoms with Gasteiger partial charge < -0.3 is 5.32 Å². The first-order valence-corrected chi connectivity index (χ1v) is 10.7. The van der Waals surface area contributed by atoms with E-state index in [0.717, 1.165) is 31.2 Å². The Kier molecular flexibility index (Phi) is 8.25. The van der Waals surface area contributed by atoms with Crippen molar-refractivity contribution >= 4 is 9.84 Å². The van der Waals surface area contributed by atoms with Gasteiger partial charge >= 0.3 is 0 Å². The molecule has 1 N–H and O–H groups in total. The lowest BCUT2D eigenvalue weighted by Gasteiger charge is -2.38. The normalized spacial score (nSPS) is 27.2. The number of sulfone groups is 1. The molecule has 21 heavy (non-hydrogen) atoms. The molecule has 1 aliphatic carbocycles. The van der Waals surface area contributed by atoms with Crippen LogP contribution in [0.4, 0.5) is 0 Å². The molecule has 0 aromatic carbocycles. The molecule has 1 aliphatic rings. The van der Waals surface area contributed by atoms with Crippen molar-refractivity contribution in [3.8, 4) is 0 Å². The van der Waals surface area contributed by atoms with Crippen LogP contribution in [0.1, 0.15) is 66.2 Å².